The van der Waals surface area contributed by atoms with E-state index in [1.807, 2.05) is 19.9 Å². The van der Waals surface area contributed by atoms with Gasteiger partial charge in [0.15, 0.2) is 0 Å². The molecule has 22 heavy (non-hydrogen) atoms. The Kier molecular flexibility index (Phi) is 5.33. The minimum atomic E-state index is -3.74. The van der Waals surface area contributed by atoms with Crippen molar-refractivity contribution < 1.29 is 13.2 Å². The molecule has 0 aliphatic carbocycles. The number of carbonyl (C=O) groups excluding carboxylic acids is 1. The summed E-state index contributed by atoms with van der Waals surface area (Å²) in [6.45, 7) is 3.65. The van der Waals surface area contributed by atoms with Gasteiger partial charge in [-0.25, -0.2) is 8.42 Å². The molecule has 118 valence electrons. The fraction of sp³-hybridized carbons (Fsp3) is 0.267. The molecule has 1 aromatic carbocycles. The third-order valence-electron chi connectivity index (χ3n) is 2.86. The molecular formula is C15H18N2O3S2. The molecule has 0 fully saturated rings. The van der Waals surface area contributed by atoms with Crippen LogP contribution in [0.25, 0.3) is 0 Å². The van der Waals surface area contributed by atoms with E-state index in [0.29, 0.717) is 5.56 Å². The van der Waals surface area contributed by atoms with Crippen molar-refractivity contribution in [2.24, 2.45) is 0 Å². The smallest absolute Gasteiger partial charge is 0.251 e. The van der Waals surface area contributed by atoms with Crippen LogP contribution >= 0.6 is 11.3 Å². The highest BCUT2D eigenvalue weighted by Crippen LogP contribution is 2.20. The number of carbonyl (C=O) groups is 1. The maximum Gasteiger partial charge on any atom is 0.251 e. The van der Waals surface area contributed by atoms with Gasteiger partial charge in [-0.3, -0.25) is 4.79 Å². The molecule has 2 rings (SSSR count). The number of rotatable bonds is 6. The minimum Gasteiger partial charge on any atom is -0.352 e. The van der Waals surface area contributed by atoms with Crippen molar-refractivity contribution in [3.63, 3.8) is 0 Å². The van der Waals surface area contributed by atoms with E-state index in [9.17, 15) is 13.2 Å². The lowest BCUT2D eigenvalue weighted by Gasteiger charge is -2.20. The van der Waals surface area contributed by atoms with Crippen LogP contribution in [0, 0.1) is 0 Å². The van der Waals surface area contributed by atoms with Crippen molar-refractivity contribution in [1.82, 2.24) is 10.0 Å². The molecule has 1 amide bonds. The largest absolute Gasteiger partial charge is 0.352 e. The predicted molar refractivity (Wildman–Crippen MR) is 87.1 cm³/mol. The quantitative estimate of drug-likeness (QED) is 0.848. The van der Waals surface area contributed by atoms with Crippen LogP contribution < -0.4 is 10.0 Å². The standard InChI is InChI=1S/C15H18N2O3S2/c1-11(2)16-15(18)14(12-7-4-3-5-8-12)17-22(19,20)13-9-6-10-21-13/h3-11,14,17H,1-2H3,(H,16,18)/t14-/m0/s1. The van der Waals surface area contributed by atoms with E-state index >= 15 is 0 Å². The van der Waals surface area contributed by atoms with Crippen LogP contribution in [0.3, 0.4) is 0 Å². The van der Waals surface area contributed by atoms with E-state index in [4.69, 9.17) is 0 Å². The van der Waals surface area contributed by atoms with Crippen LogP contribution in [-0.4, -0.2) is 20.4 Å². The Hall–Kier alpha value is -1.70. The van der Waals surface area contributed by atoms with E-state index in [0.717, 1.165) is 11.3 Å². The molecule has 2 N–H and O–H groups in total. The van der Waals surface area contributed by atoms with Crippen LogP contribution in [0.5, 0.6) is 0 Å². The predicted octanol–water partition coefficient (Wildman–Crippen LogP) is 2.29. The molecule has 0 bridgehead atoms. The van der Waals surface area contributed by atoms with E-state index < -0.39 is 16.1 Å². The zero-order valence-electron chi connectivity index (χ0n) is 12.3. The van der Waals surface area contributed by atoms with Gasteiger partial charge in [-0.2, -0.15) is 4.72 Å². The summed E-state index contributed by atoms with van der Waals surface area (Å²) in [5, 5.41) is 4.43. The third kappa shape index (κ3) is 4.16. The van der Waals surface area contributed by atoms with Crippen LogP contribution in [0.15, 0.2) is 52.1 Å². The number of hydrogen-bond donors (Lipinski definition) is 2. The van der Waals surface area contributed by atoms with Gasteiger partial charge in [0.25, 0.3) is 10.0 Å². The Bertz CT molecular complexity index is 711. The second-order valence-electron chi connectivity index (χ2n) is 5.06. The first-order valence-electron chi connectivity index (χ1n) is 6.81. The molecule has 1 heterocycles. The fourth-order valence-corrected chi connectivity index (χ4v) is 4.11. The Morgan fingerprint density at radius 3 is 2.32 bits per heavy atom. The summed E-state index contributed by atoms with van der Waals surface area (Å²) in [6, 6.07) is 10.9. The molecule has 0 spiro atoms. The first-order chi connectivity index (χ1) is 10.4. The zero-order valence-corrected chi connectivity index (χ0v) is 13.9. The van der Waals surface area contributed by atoms with Gasteiger partial charge in [0.2, 0.25) is 5.91 Å². The van der Waals surface area contributed by atoms with Crippen molar-refractivity contribution in [2.75, 3.05) is 0 Å². The van der Waals surface area contributed by atoms with Crippen molar-refractivity contribution in [2.45, 2.75) is 30.1 Å². The number of nitrogens with one attached hydrogen (secondary N) is 2. The van der Waals surface area contributed by atoms with Crippen LogP contribution in [0.4, 0.5) is 0 Å². The molecule has 0 aliphatic rings. The molecule has 0 unspecified atom stereocenters. The monoisotopic (exact) mass is 338 g/mol. The van der Waals surface area contributed by atoms with Gasteiger partial charge in [-0.1, -0.05) is 36.4 Å². The van der Waals surface area contributed by atoms with Gasteiger partial charge in [0, 0.05) is 6.04 Å². The van der Waals surface area contributed by atoms with Gasteiger partial charge in [0.1, 0.15) is 10.3 Å². The molecule has 7 heteroatoms. The maximum absolute atomic E-state index is 12.4. The van der Waals surface area contributed by atoms with Crippen molar-refractivity contribution in [3.8, 4) is 0 Å². The second-order valence-corrected chi connectivity index (χ2v) is 7.95. The average molecular weight is 338 g/mol. The summed E-state index contributed by atoms with van der Waals surface area (Å²) >= 11 is 1.11. The van der Waals surface area contributed by atoms with Gasteiger partial charge >= 0.3 is 0 Å². The normalized spacial score (nSPS) is 13.0. The Balaban J connectivity index is 2.31. The maximum atomic E-state index is 12.4. The molecule has 0 radical (unpaired) electrons. The van der Waals surface area contributed by atoms with Gasteiger partial charge in [-0.05, 0) is 30.9 Å². The molecule has 2 aromatic rings. The third-order valence-corrected chi connectivity index (χ3v) is 5.68. The minimum absolute atomic E-state index is 0.0787. The molecular weight excluding hydrogens is 320 g/mol. The number of thiophene rings is 1. The summed E-state index contributed by atoms with van der Waals surface area (Å²) in [7, 11) is -3.74. The number of hydrogen-bond acceptors (Lipinski definition) is 4. The van der Waals surface area contributed by atoms with Crippen molar-refractivity contribution in [3.05, 3.63) is 53.4 Å². The van der Waals surface area contributed by atoms with Gasteiger partial charge < -0.3 is 5.32 Å². The van der Waals surface area contributed by atoms with E-state index in [1.54, 1.807) is 35.7 Å². The summed E-state index contributed by atoms with van der Waals surface area (Å²) in [6.07, 6.45) is 0. The topological polar surface area (TPSA) is 75.3 Å². The number of benzene rings is 1. The van der Waals surface area contributed by atoms with Crippen LogP contribution in [-0.2, 0) is 14.8 Å². The Morgan fingerprint density at radius 2 is 1.77 bits per heavy atom. The average Bonchev–Trinajstić information content (AvgIpc) is 3.00. The fourth-order valence-electron chi connectivity index (χ4n) is 1.92. The van der Waals surface area contributed by atoms with Gasteiger partial charge in [-0.15, -0.1) is 11.3 Å². The first kappa shape index (κ1) is 16.7. The molecule has 5 nitrogen and oxygen atoms in total. The lowest BCUT2D eigenvalue weighted by atomic mass is 10.1. The van der Waals surface area contributed by atoms with Crippen LogP contribution in [0.1, 0.15) is 25.5 Å². The summed E-state index contributed by atoms with van der Waals surface area (Å²) in [5.74, 6) is -0.374. The summed E-state index contributed by atoms with van der Waals surface area (Å²) in [5.41, 5.74) is 0.598. The highest BCUT2D eigenvalue weighted by Gasteiger charge is 2.27. The van der Waals surface area contributed by atoms with E-state index in [2.05, 4.69) is 10.0 Å². The molecule has 1 aromatic heterocycles. The number of sulfonamides is 1. The second kappa shape index (κ2) is 7.04. The molecule has 1 atom stereocenters. The lowest BCUT2D eigenvalue weighted by Crippen LogP contribution is -2.42. The molecule has 0 saturated heterocycles. The number of amides is 1. The van der Waals surface area contributed by atoms with Crippen molar-refractivity contribution in [1.29, 1.82) is 0 Å². The zero-order chi connectivity index (χ0) is 16.2. The van der Waals surface area contributed by atoms with Crippen LogP contribution in [0.2, 0.25) is 0 Å². The van der Waals surface area contributed by atoms with Crippen molar-refractivity contribution >= 4 is 27.3 Å². The van der Waals surface area contributed by atoms with E-state index in [-0.39, 0.29) is 16.2 Å². The SMILES string of the molecule is CC(C)NC(=O)[C@@H](NS(=O)(=O)c1cccs1)c1ccccc1. The van der Waals surface area contributed by atoms with E-state index in [1.165, 1.54) is 6.07 Å². The lowest BCUT2D eigenvalue weighted by molar-refractivity contribution is -0.123. The highest BCUT2D eigenvalue weighted by atomic mass is 32.2. The summed E-state index contributed by atoms with van der Waals surface area (Å²) in [4.78, 5) is 12.4. The first-order valence-corrected chi connectivity index (χ1v) is 9.17. The highest BCUT2D eigenvalue weighted by molar-refractivity contribution is 7.91. The molecule has 0 saturated carbocycles. The molecule has 0 aliphatic heterocycles. The summed E-state index contributed by atoms with van der Waals surface area (Å²) < 4.78 is 27.4. The van der Waals surface area contributed by atoms with Gasteiger partial charge in [0.05, 0.1) is 0 Å². The Labute approximate surface area is 134 Å². The Morgan fingerprint density at radius 1 is 1.09 bits per heavy atom.